The third-order valence-corrected chi connectivity index (χ3v) is 4.27. The molecule has 0 unspecified atom stereocenters. The van der Waals surface area contributed by atoms with Crippen molar-refractivity contribution in [2.24, 2.45) is 0 Å². The number of hydrogen-bond donors (Lipinski definition) is 1. The summed E-state index contributed by atoms with van der Waals surface area (Å²) < 4.78 is 26.6. The van der Waals surface area contributed by atoms with E-state index in [4.69, 9.17) is 23.2 Å². The zero-order valence-electron chi connectivity index (χ0n) is 9.89. The molecular formula is C12H10Cl2N2O2S. The van der Waals surface area contributed by atoms with Gasteiger partial charge in [-0.2, -0.15) is 0 Å². The molecular weight excluding hydrogens is 307 g/mol. The molecule has 0 atom stereocenters. The Morgan fingerprint density at radius 3 is 2.47 bits per heavy atom. The summed E-state index contributed by atoms with van der Waals surface area (Å²) in [6, 6.07) is 7.84. The molecule has 100 valence electrons. The lowest BCUT2D eigenvalue weighted by Crippen LogP contribution is -2.13. The lowest BCUT2D eigenvalue weighted by atomic mass is 10.2. The Hall–Kier alpha value is -1.30. The monoisotopic (exact) mass is 316 g/mol. The van der Waals surface area contributed by atoms with Gasteiger partial charge in [0.15, 0.2) is 0 Å². The minimum Gasteiger partial charge on any atom is -0.278 e. The summed E-state index contributed by atoms with van der Waals surface area (Å²) >= 11 is 11.6. The molecule has 0 radical (unpaired) electrons. The van der Waals surface area contributed by atoms with Crippen molar-refractivity contribution in [1.82, 2.24) is 4.98 Å². The smallest absolute Gasteiger partial charge is 0.263 e. The predicted octanol–water partition coefficient (Wildman–Crippen LogP) is 3.50. The summed E-state index contributed by atoms with van der Waals surface area (Å²) in [4.78, 5) is 3.76. The number of pyridine rings is 1. The van der Waals surface area contributed by atoms with Gasteiger partial charge in [-0.1, -0.05) is 29.3 Å². The topological polar surface area (TPSA) is 59.1 Å². The Morgan fingerprint density at radius 1 is 1.16 bits per heavy atom. The van der Waals surface area contributed by atoms with Gasteiger partial charge in [0.25, 0.3) is 10.0 Å². The van der Waals surface area contributed by atoms with Crippen LogP contribution in [0.15, 0.2) is 41.4 Å². The number of rotatable bonds is 3. The summed E-state index contributed by atoms with van der Waals surface area (Å²) in [5.74, 6) is 0. The minimum atomic E-state index is -3.72. The zero-order chi connectivity index (χ0) is 14.0. The first-order valence-corrected chi connectivity index (χ1v) is 7.53. The molecule has 0 aliphatic heterocycles. The van der Waals surface area contributed by atoms with Crippen molar-refractivity contribution >= 4 is 38.9 Å². The van der Waals surface area contributed by atoms with Gasteiger partial charge in [0.2, 0.25) is 0 Å². The minimum absolute atomic E-state index is 0.0218. The molecule has 0 bridgehead atoms. The molecule has 2 rings (SSSR count). The second-order valence-electron chi connectivity index (χ2n) is 3.91. The van der Waals surface area contributed by atoms with Gasteiger partial charge in [0.1, 0.15) is 10.0 Å². The number of nitrogens with one attached hydrogen (secondary N) is 1. The fourth-order valence-electron chi connectivity index (χ4n) is 1.43. The van der Waals surface area contributed by atoms with Crippen molar-refractivity contribution in [2.75, 3.05) is 4.72 Å². The van der Waals surface area contributed by atoms with Gasteiger partial charge in [0.05, 0.1) is 10.7 Å². The first-order chi connectivity index (χ1) is 8.88. The number of benzene rings is 1. The van der Waals surface area contributed by atoms with E-state index in [0.717, 1.165) is 5.56 Å². The average Bonchev–Trinajstić information content (AvgIpc) is 2.33. The Kier molecular flexibility index (Phi) is 3.99. The molecule has 0 aliphatic rings. The molecule has 0 fully saturated rings. The number of aryl methyl sites for hydroxylation is 1. The number of aromatic nitrogens is 1. The molecule has 1 aromatic heterocycles. The summed E-state index contributed by atoms with van der Waals surface area (Å²) in [6.07, 6.45) is 1.19. The summed E-state index contributed by atoms with van der Waals surface area (Å²) in [5.41, 5.74) is 1.27. The molecule has 1 aromatic carbocycles. The average molecular weight is 317 g/mol. The first kappa shape index (κ1) is 14.1. The van der Waals surface area contributed by atoms with Crippen molar-refractivity contribution in [3.05, 3.63) is 52.3 Å². The molecule has 19 heavy (non-hydrogen) atoms. The molecule has 4 nitrogen and oxygen atoms in total. The highest BCUT2D eigenvalue weighted by atomic mass is 35.5. The summed E-state index contributed by atoms with van der Waals surface area (Å²) in [6.45, 7) is 1.87. The molecule has 7 heteroatoms. The van der Waals surface area contributed by atoms with Crippen molar-refractivity contribution < 1.29 is 8.42 Å². The van der Waals surface area contributed by atoms with E-state index in [1.807, 2.05) is 6.92 Å². The second kappa shape index (κ2) is 5.36. The van der Waals surface area contributed by atoms with Crippen LogP contribution in [0.1, 0.15) is 5.56 Å². The van der Waals surface area contributed by atoms with Gasteiger partial charge in [0, 0.05) is 6.20 Å². The molecule has 0 amide bonds. The van der Waals surface area contributed by atoms with Crippen LogP contribution in [0.2, 0.25) is 10.2 Å². The molecule has 0 spiro atoms. The van der Waals surface area contributed by atoms with Crippen LogP contribution in [0.25, 0.3) is 0 Å². The van der Waals surface area contributed by atoms with Gasteiger partial charge in [-0.05, 0) is 36.8 Å². The van der Waals surface area contributed by atoms with E-state index in [9.17, 15) is 8.42 Å². The zero-order valence-corrected chi connectivity index (χ0v) is 12.2. The Bertz CT molecular complexity index is 700. The lowest BCUT2D eigenvalue weighted by Gasteiger charge is -2.09. The van der Waals surface area contributed by atoms with Gasteiger partial charge >= 0.3 is 0 Å². The maximum absolute atomic E-state index is 12.1. The Balaban J connectivity index is 2.33. The third-order valence-electron chi connectivity index (χ3n) is 2.38. The number of anilines is 1. The number of sulfonamides is 1. The van der Waals surface area contributed by atoms with E-state index < -0.39 is 10.0 Å². The normalized spacial score (nSPS) is 11.3. The van der Waals surface area contributed by atoms with Crippen molar-refractivity contribution in [3.63, 3.8) is 0 Å². The van der Waals surface area contributed by atoms with E-state index >= 15 is 0 Å². The van der Waals surface area contributed by atoms with E-state index in [0.29, 0.717) is 10.7 Å². The van der Waals surface area contributed by atoms with Crippen LogP contribution in [0.4, 0.5) is 5.69 Å². The number of nitrogens with zero attached hydrogens (tertiary/aromatic N) is 1. The number of hydrogen-bond acceptors (Lipinski definition) is 3. The predicted molar refractivity (Wildman–Crippen MR) is 76.2 cm³/mol. The van der Waals surface area contributed by atoms with E-state index in [2.05, 4.69) is 9.71 Å². The van der Waals surface area contributed by atoms with Crippen molar-refractivity contribution in [2.45, 2.75) is 11.8 Å². The fraction of sp³-hybridized carbons (Fsp3) is 0.0833. The molecule has 0 saturated heterocycles. The van der Waals surface area contributed by atoms with E-state index in [-0.39, 0.29) is 10.0 Å². The van der Waals surface area contributed by atoms with Crippen LogP contribution < -0.4 is 4.72 Å². The highest BCUT2D eigenvalue weighted by Gasteiger charge is 2.16. The largest absolute Gasteiger partial charge is 0.278 e. The van der Waals surface area contributed by atoms with Crippen LogP contribution in [-0.2, 0) is 10.0 Å². The first-order valence-electron chi connectivity index (χ1n) is 5.29. The Morgan fingerprint density at radius 2 is 1.89 bits per heavy atom. The standard InChI is InChI=1S/C12H10Cl2N2O2S/c1-8-2-4-11(10(13)6-8)16-19(17,18)9-3-5-12(14)15-7-9/h2-7,16H,1H3. The van der Waals surface area contributed by atoms with Crippen LogP contribution in [-0.4, -0.2) is 13.4 Å². The SMILES string of the molecule is Cc1ccc(NS(=O)(=O)c2ccc(Cl)nc2)c(Cl)c1. The van der Waals surface area contributed by atoms with E-state index in [1.165, 1.54) is 18.3 Å². The molecule has 0 aliphatic carbocycles. The molecule has 2 aromatic rings. The van der Waals surface area contributed by atoms with Gasteiger partial charge in [-0.25, -0.2) is 13.4 Å². The molecule has 1 N–H and O–H groups in total. The molecule has 0 saturated carbocycles. The van der Waals surface area contributed by atoms with Gasteiger partial charge in [-0.3, -0.25) is 4.72 Å². The van der Waals surface area contributed by atoms with Crippen molar-refractivity contribution in [1.29, 1.82) is 0 Å². The Labute approximate surface area is 121 Å². The highest BCUT2D eigenvalue weighted by molar-refractivity contribution is 7.92. The summed E-state index contributed by atoms with van der Waals surface area (Å²) in [5, 5.41) is 0.567. The fourth-order valence-corrected chi connectivity index (χ4v) is 2.90. The van der Waals surface area contributed by atoms with Crippen LogP contribution in [0, 0.1) is 6.92 Å². The molecule has 1 heterocycles. The third kappa shape index (κ3) is 3.37. The number of halogens is 2. The van der Waals surface area contributed by atoms with E-state index in [1.54, 1.807) is 18.2 Å². The second-order valence-corrected chi connectivity index (χ2v) is 6.38. The van der Waals surface area contributed by atoms with Crippen LogP contribution in [0.5, 0.6) is 0 Å². The quantitative estimate of drug-likeness (QED) is 0.882. The van der Waals surface area contributed by atoms with Crippen LogP contribution >= 0.6 is 23.2 Å². The summed E-state index contributed by atoms with van der Waals surface area (Å²) in [7, 11) is -3.72. The van der Waals surface area contributed by atoms with Crippen molar-refractivity contribution in [3.8, 4) is 0 Å². The lowest BCUT2D eigenvalue weighted by molar-refractivity contribution is 0.601. The maximum atomic E-state index is 12.1. The maximum Gasteiger partial charge on any atom is 0.263 e. The van der Waals surface area contributed by atoms with Gasteiger partial charge < -0.3 is 0 Å². The van der Waals surface area contributed by atoms with Crippen LogP contribution in [0.3, 0.4) is 0 Å². The van der Waals surface area contributed by atoms with Gasteiger partial charge in [-0.15, -0.1) is 0 Å². The highest BCUT2D eigenvalue weighted by Crippen LogP contribution is 2.25.